The number of aryl methyl sites for hydroxylation is 1. The molecule has 3 nitrogen and oxygen atoms in total. The fraction of sp³-hybridized carbons (Fsp3) is 0.0357. The van der Waals surface area contributed by atoms with Crippen molar-refractivity contribution < 1.29 is 24.5 Å². The summed E-state index contributed by atoms with van der Waals surface area (Å²) in [6.07, 6.45) is 7.04. The van der Waals surface area contributed by atoms with E-state index < -0.39 is 0 Å². The second-order valence-corrected chi connectivity index (χ2v) is 7.00. The van der Waals surface area contributed by atoms with Crippen LogP contribution in [0.3, 0.4) is 0 Å². The van der Waals surface area contributed by atoms with Gasteiger partial charge in [-0.15, -0.1) is 60.2 Å². The number of hydrogen-bond acceptors (Lipinski definition) is 3. The van der Waals surface area contributed by atoms with E-state index in [0.29, 0.717) is 11.3 Å². The van der Waals surface area contributed by atoms with Crippen LogP contribution in [0.5, 0.6) is 0 Å². The fourth-order valence-corrected chi connectivity index (χ4v) is 3.21. The normalized spacial score (nSPS) is 9.88. The van der Waals surface area contributed by atoms with Crippen molar-refractivity contribution in [2.75, 3.05) is 0 Å². The van der Waals surface area contributed by atoms with Gasteiger partial charge >= 0.3 is 0 Å². The average Bonchev–Trinajstić information content (AvgIpc) is 2.86. The van der Waals surface area contributed by atoms with Crippen LogP contribution in [0.25, 0.3) is 33.6 Å². The van der Waals surface area contributed by atoms with Crippen LogP contribution >= 0.6 is 0 Å². The van der Waals surface area contributed by atoms with E-state index in [1.54, 1.807) is 36.9 Å². The molecule has 5 heteroatoms. The Morgan fingerprint density at radius 3 is 2.21 bits per heavy atom. The summed E-state index contributed by atoms with van der Waals surface area (Å²) in [7, 11) is 0. The molecule has 3 aromatic heterocycles. The minimum atomic E-state index is -0.309. The SMILES string of the molecule is Cc1cc(-c2[c-]cccc2F)ncc1-c1ccncc1.[Ir].[c-]1ccccc1-c1ccccn1. The Kier molecular flexibility index (Phi) is 8.70. The molecule has 0 N–H and O–H groups in total. The Bertz CT molecular complexity index is 1240. The molecule has 0 fully saturated rings. The fourth-order valence-electron chi connectivity index (χ4n) is 3.21. The quantitative estimate of drug-likeness (QED) is 0.216. The van der Waals surface area contributed by atoms with E-state index in [1.165, 1.54) is 6.07 Å². The van der Waals surface area contributed by atoms with E-state index in [-0.39, 0.29) is 25.9 Å². The Hall–Kier alpha value is -3.53. The average molecular weight is 610 g/mol. The van der Waals surface area contributed by atoms with Gasteiger partial charge in [0.15, 0.2) is 0 Å². The Morgan fingerprint density at radius 2 is 1.55 bits per heavy atom. The topological polar surface area (TPSA) is 38.7 Å². The number of benzene rings is 2. The molecule has 1 radical (unpaired) electrons. The van der Waals surface area contributed by atoms with Crippen molar-refractivity contribution in [3.8, 4) is 33.6 Å². The van der Waals surface area contributed by atoms with Gasteiger partial charge in [0.05, 0.1) is 0 Å². The first-order chi connectivity index (χ1) is 15.7. The molecule has 0 saturated heterocycles. The van der Waals surface area contributed by atoms with E-state index in [2.05, 4.69) is 27.1 Å². The molecule has 3 heterocycles. The molecule has 0 aliphatic heterocycles. The summed E-state index contributed by atoms with van der Waals surface area (Å²) in [6, 6.07) is 30.2. The van der Waals surface area contributed by atoms with Crippen molar-refractivity contribution in [2.45, 2.75) is 6.92 Å². The molecule has 5 rings (SSSR count). The second-order valence-electron chi connectivity index (χ2n) is 7.00. The van der Waals surface area contributed by atoms with Gasteiger partial charge in [-0.05, 0) is 47.6 Å². The van der Waals surface area contributed by atoms with Crippen molar-refractivity contribution in [1.29, 1.82) is 0 Å². The van der Waals surface area contributed by atoms with Gasteiger partial charge in [-0.25, -0.2) is 0 Å². The predicted molar refractivity (Wildman–Crippen MR) is 125 cm³/mol. The van der Waals surface area contributed by atoms with Crippen molar-refractivity contribution in [1.82, 2.24) is 15.0 Å². The van der Waals surface area contributed by atoms with Crippen molar-refractivity contribution in [3.05, 3.63) is 127 Å². The maximum Gasteiger partial charge on any atom is 0.0380 e. The number of aromatic nitrogens is 3. The molecule has 0 unspecified atom stereocenters. The maximum absolute atomic E-state index is 13.8. The third kappa shape index (κ3) is 6.26. The van der Waals surface area contributed by atoms with Gasteiger partial charge in [-0.2, -0.15) is 0 Å². The zero-order chi connectivity index (χ0) is 22.2. The van der Waals surface area contributed by atoms with Crippen LogP contribution in [0.15, 0.2) is 104 Å². The smallest absolute Gasteiger partial charge is 0.0380 e. The van der Waals surface area contributed by atoms with Crippen LogP contribution < -0.4 is 0 Å². The minimum Gasteiger partial charge on any atom is -0.305 e. The van der Waals surface area contributed by atoms with E-state index >= 15 is 0 Å². The Morgan fingerprint density at radius 1 is 0.758 bits per heavy atom. The number of hydrogen-bond donors (Lipinski definition) is 0. The van der Waals surface area contributed by atoms with Crippen LogP contribution in [-0.2, 0) is 20.1 Å². The molecular formula is C28H20FIrN3-2. The van der Waals surface area contributed by atoms with Crippen LogP contribution in [0.2, 0.25) is 0 Å². The summed E-state index contributed by atoms with van der Waals surface area (Å²) in [5.74, 6) is -0.309. The third-order valence-electron chi connectivity index (χ3n) is 4.81. The van der Waals surface area contributed by atoms with Gasteiger partial charge in [-0.1, -0.05) is 23.8 Å². The van der Waals surface area contributed by atoms with E-state index in [4.69, 9.17) is 0 Å². The Balaban J connectivity index is 0.000000202. The number of halogens is 1. The summed E-state index contributed by atoms with van der Waals surface area (Å²) in [5, 5.41) is 0. The molecular weight excluding hydrogens is 590 g/mol. The van der Waals surface area contributed by atoms with Crippen LogP contribution in [-0.4, -0.2) is 15.0 Å². The zero-order valence-electron chi connectivity index (χ0n) is 17.9. The predicted octanol–water partition coefficient (Wildman–Crippen LogP) is 6.60. The number of rotatable bonds is 3. The summed E-state index contributed by atoms with van der Waals surface area (Å²) in [6.45, 7) is 1.99. The first-order valence-corrected chi connectivity index (χ1v) is 10.1. The third-order valence-corrected chi connectivity index (χ3v) is 4.81. The first kappa shape index (κ1) is 24.1. The molecule has 0 saturated carbocycles. The summed E-state index contributed by atoms with van der Waals surface area (Å²) in [4.78, 5) is 12.6. The molecule has 2 aromatic carbocycles. The number of pyridine rings is 3. The van der Waals surface area contributed by atoms with Crippen molar-refractivity contribution >= 4 is 0 Å². The van der Waals surface area contributed by atoms with E-state index in [1.807, 2.05) is 67.6 Å². The zero-order valence-corrected chi connectivity index (χ0v) is 20.3. The van der Waals surface area contributed by atoms with Gasteiger partial charge in [0.1, 0.15) is 0 Å². The van der Waals surface area contributed by atoms with Gasteiger partial charge in [0.25, 0.3) is 0 Å². The standard InChI is InChI=1S/C17H12FN2.C11H8N.Ir/c1-12-10-17(14-4-2-3-5-16(14)18)20-11-15(12)13-6-8-19-9-7-13;1-2-6-10(7-3-1)11-8-4-5-9-12-11;/h2-3,5-11H,1H3;1-6,8-9H;/q2*-1;. The van der Waals surface area contributed by atoms with Crippen molar-refractivity contribution in [2.24, 2.45) is 0 Å². The maximum atomic E-state index is 13.8. The molecule has 0 atom stereocenters. The molecule has 0 aliphatic rings. The van der Waals surface area contributed by atoms with E-state index in [0.717, 1.165) is 27.9 Å². The molecule has 0 amide bonds. The van der Waals surface area contributed by atoms with Gasteiger partial charge in [0, 0.05) is 56.3 Å². The van der Waals surface area contributed by atoms with Crippen LogP contribution in [0.4, 0.5) is 4.39 Å². The first-order valence-electron chi connectivity index (χ1n) is 10.1. The number of nitrogens with zero attached hydrogens (tertiary/aromatic N) is 3. The molecule has 0 spiro atoms. The molecule has 0 aliphatic carbocycles. The summed E-state index contributed by atoms with van der Waals surface area (Å²) >= 11 is 0. The largest absolute Gasteiger partial charge is 0.305 e. The molecule has 165 valence electrons. The van der Waals surface area contributed by atoms with E-state index in [9.17, 15) is 4.39 Å². The summed E-state index contributed by atoms with van der Waals surface area (Å²) < 4.78 is 13.8. The molecule has 33 heavy (non-hydrogen) atoms. The van der Waals surface area contributed by atoms with Crippen molar-refractivity contribution in [3.63, 3.8) is 0 Å². The molecule has 0 bridgehead atoms. The molecule has 5 aromatic rings. The van der Waals surface area contributed by atoms with Gasteiger partial charge in [-0.3, -0.25) is 9.37 Å². The monoisotopic (exact) mass is 610 g/mol. The van der Waals surface area contributed by atoms with Crippen LogP contribution in [0, 0.1) is 24.9 Å². The minimum absolute atomic E-state index is 0. The van der Waals surface area contributed by atoms with Gasteiger partial charge < -0.3 is 9.97 Å². The second kappa shape index (κ2) is 11.9. The van der Waals surface area contributed by atoms with Crippen LogP contribution in [0.1, 0.15) is 5.56 Å². The Labute approximate surface area is 206 Å². The van der Waals surface area contributed by atoms with Gasteiger partial charge in [0.2, 0.25) is 0 Å². The summed E-state index contributed by atoms with van der Waals surface area (Å²) in [5.41, 5.74) is 6.12.